The fraction of sp³-hybridized carbons (Fsp3) is 0.233. The number of ether oxygens (including phenoxy) is 2. The number of aromatic nitrogens is 1. The zero-order chi connectivity index (χ0) is 24.9. The van der Waals surface area contributed by atoms with Crippen molar-refractivity contribution in [1.29, 1.82) is 0 Å². The average molecular weight is 481 g/mol. The van der Waals surface area contributed by atoms with Crippen molar-refractivity contribution in [2.24, 2.45) is 0 Å². The Balaban J connectivity index is 1.52. The molecular formula is C30H28N2O4. The number of nitrogens with zero attached hydrogens (tertiary/aromatic N) is 1. The minimum atomic E-state index is -1.14. The van der Waals surface area contributed by atoms with Crippen LogP contribution in [0.15, 0.2) is 78.9 Å². The summed E-state index contributed by atoms with van der Waals surface area (Å²) in [7, 11) is 0. The fourth-order valence-corrected chi connectivity index (χ4v) is 4.72. The van der Waals surface area contributed by atoms with Crippen LogP contribution in [0.5, 0.6) is 5.75 Å². The topological polar surface area (TPSA) is 77.5 Å². The lowest BCUT2D eigenvalue weighted by molar-refractivity contribution is -0.125. The molecule has 36 heavy (non-hydrogen) atoms. The van der Waals surface area contributed by atoms with Crippen molar-refractivity contribution >= 4 is 28.5 Å². The predicted molar refractivity (Wildman–Crippen MR) is 139 cm³/mol. The molecule has 0 bridgehead atoms. The summed E-state index contributed by atoms with van der Waals surface area (Å²) >= 11 is 0. The van der Waals surface area contributed by atoms with Gasteiger partial charge in [0.1, 0.15) is 5.75 Å². The Bertz CT molecular complexity index is 1400. The van der Waals surface area contributed by atoms with Crippen LogP contribution < -0.4 is 10.1 Å². The molecule has 0 unspecified atom stereocenters. The van der Waals surface area contributed by atoms with Crippen LogP contribution in [0.4, 0.5) is 5.69 Å². The van der Waals surface area contributed by atoms with Crippen LogP contribution in [0.2, 0.25) is 0 Å². The van der Waals surface area contributed by atoms with E-state index in [9.17, 15) is 9.59 Å². The normalized spacial score (nSPS) is 13.5. The van der Waals surface area contributed by atoms with Crippen molar-refractivity contribution in [3.63, 3.8) is 0 Å². The maximum atomic E-state index is 13.8. The third-order valence-electron chi connectivity index (χ3n) is 6.38. The number of carbonyl (C=O) groups excluding carboxylic acids is 2. The van der Waals surface area contributed by atoms with Gasteiger partial charge >= 0.3 is 5.97 Å². The number of carbonyl (C=O) groups is 2. The van der Waals surface area contributed by atoms with E-state index in [2.05, 4.69) is 5.32 Å². The molecule has 0 saturated carbocycles. The molecule has 6 nitrogen and oxygen atoms in total. The molecule has 5 rings (SSSR count). The van der Waals surface area contributed by atoms with E-state index >= 15 is 0 Å². The van der Waals surface area contributed by atoms with E-state index in [4.69, 9.17) is 14.5 Å². The maximum absolute atomic E-state index is 13.8. The molecule has 6 heteroatoms. The second-order valence-corrected chi connectivity index (χ2v) is 8.75. The molecule has 0 aliphatic heterocycles. The van der Waals surface area contributed by atoms with E-state index in [1.165, 1.54) is 0 Å². The lowest BCUT2D eigenvalue weighted by Gasteiger charge is -2.23. The van der Waals surface area contributed by atoms with E-state index in [1.54, 1.807) is 24.3 Å². The number of pyridine rings is 1. The third-order valence-corrected chi connectivity index (χ3v) is 6.38. The number of esters is 1. The van der Waals surface area contributed by atoms with Gasteiger partial charge in [-0.3, -0.25) is 9.78 Å². The van der Waals surface area contributed by atoms with Gasteiger partial charge in [0.15, 0.2) is 0 Å². The summed E-state index contributed by atoms with van der Waals surface area (Å²) in [6.45, 7) is 2.34. The molecule has 1 aromatic heterocycles. The molecule has 1 heterocycles. The Morgan fingerprint density at radius 1 is 0.917 bits per heavy atom. The van der Waals surface area contributed by atoms with Crippen LogP contribution in [0.3, 0.4) is 0 Å². The number of hydrogen-bond acceptors (Lipinski definition) is 5. The van der Waals surface area contributed by atoms with Gasteiger partial charge in [0.05, 0.1) is 23.4 Å². The van der Waals surface area contributed by atoms with Gasteiger partial charge in [0.25, 0.3) is 5.91 Å². The van der Waals surface area contributed by atoms with Gasteiger partial charge in [0, 0.05) is 16.6 Å². The summed E-state index contributed by atoms with van der Waals surface area (Å²) in [6.07, 6.45) is 2.49. The molecule has 0 saturated heterocycles. The number of fused-ring (bicyclic) bond motifs is 2. The van der Waals surface area contributed by atoms with Crippen molar-refractivity contribution in [3.05, 3.63) is 101 Å². The highest BCUT2D eigenvalue weighted by atomic mass is 16.5. The summed E-state index contributed by atoms with van der Waals surface area (Å²) in [4.78, 5) is 32.1. The SMILES string of the molecule is CCOc1ccccc1NC(=O)[C@@H](OC(=O)c1c2c(nc3ccccc13)CCCC2)c1ccccc1. The molecule has 182 valence electrons. The van der Waals surface area contributed by atoms with Gasteiger partial charge in [-0.1, -0.05) is 60.7 Å². The van der Waals surface area contributed by atoms with E-state index in [1.807, 2.05) is 61.5 Å². The van der Waals surface area contributed by atoms with Crippen molar-refractivity contribution in [3.8, 4) is 5.75 Å². The van der Waals surface area contributed by atoms with Crippen molar-refractivity contribution in [1.82, 2.24) is 4.98 Å². The van der Waals surface area contributed by atoms with Crippen LogP contribution in [0.1, 0.15) is 53.0 Å². The smallest absolute Gasteiger partial charge is 0.340 e. The number of para-hydroxylation sites is 3. The first-order valence-electron chi connectivity index (χ1n) is 12.3. The number of hydrogen-bond donors (Lipinski definition) is 1. The van der Waals surface area contributed by atoms with Crippen LogP contribution >= 0.6 is 0 Å². The second-order valence-electron chi connectivity index (χ2n) is 8.75. The molecule has 1 amide bonds. The van der Waals surface area contributed by atoms with Gasteiger partial charge < -0.3 is 14.8 Å². The standard InChI is InChI=1S/C30H28N2O4/c1-2-35-26-19-11-10-18-25(26)32-29(33)28(20-12-4-3-5-13-20)36-30(34)27-21-14-6-8-16-23(21)31-24-17-9-7-15-22(24)27/h3-6,8,10-14,16,18-19,28H,2,7,9,15,17H2,1H3,(H,32,33)/t28-/m0/s1. The molecular weight excluding hydrogens is 452 g/mol. The Morgan fingerprint density at radius 2 is 1.64 bits per heavy atom. The second kappa shape index (κ2) is 10.6. The molecule has 3 aromatic carbocycles. The number of nitrogens with one attached hydrogen (secondary N) is 1. The summed E-state index contributed by atoms with van der Waals surface area (Å²) in [5.41, 5.74) is 4.25. The first kappa shape index (κ1) is 23.5. The highest BCUT2D eigenvalue weighted by molar-refractivity contribution is 6.06. The Hall–Kier alpha value is -4.19. The lowest BCUT2D eigenvalue weighted by Crippen LogP contribution is -2.27. The van der Waals surface area contributed by atoms with E-state index in [0.29, 0.717) is 29.2 Å². The average Bonchev–Trinajstić information content (AvgIpc) is 2.92. The van der Waals surface area contributed by atoms with Crippen LogP contribution in [-0.2, 0) is 22.4 Å². The lowest BCUT2D eigenvalue weighted by atomic mass is 9.90. The molecule has 0 fully saturated rings. The minimum absolute atomic E-state index is 0.450. The van der Waals surface area contributed by atoms with E-state index < -0.39 is 18.0 Å². The number of rotatable bonds is 7. The monoisotopic (exact) mass is 480 g/mol. The third kappa shape index (κ3) is 4.80. The molecule has 1 N–H and O–H groups in total. The van der Waals surface area contributed by atoms with Gasteiger partial charge in [-0.15, -0.1) is 0 Å². The van der Waals surface area contributed by atoms with Crippen molar-refractivity contribution < 1.29 is 19.1 Å². The summed E-state index contributed by atoms with van der Waals surface area (Å²) in [6, 6.07) is 23.9. The van der Waals surface area contributed by atoms with Gasteiger partial charge in [-0.05, 0) is 56.4 Å². The Morgan fingerprint density at radius 3 is 2.47 bits per heavy atom. The molecule has 1 aliphatic rings. The van der Waals surface area contributed by atoms with E-state index in [-0.39, 0.29) is 0 Å². The zero-order valence-corrected chi connectivity index (χ0v) is 20.2. The fourth-order valence-electron chi connectivity index (χ4n) is 4.72. The quantitative estimate of drug-likeness (QED) is 0.326. The largest absolute Gasteiger partial charge is 0.492 e. The van der Waals surface area contributed by atoms with Crippen LogP contribution in [-0.4, -0.2) is 23.5 Å². The molecule has 1 aliphatic carbocycles. The minimum Gasteiger partial charge on any atom is -0.492 e. The summed E-state index contributed by atoms with van der Waals surface area (Å²) < 4.78 is 11.7. The highest BCUT2D eigenvalue weighted by Gasteiger charge is 2.30. The van der Waals surface area contributed by atoms with Gasteiger partial charge in [-0.2, -0.15) is 0 Å². The summed E-state index contributed by atoms with van der Waals surface area (Å²) in [5, 5.41) is 3.64. The molecule has 0 spiro atoms. The first-order valence-corrected chi connectivity index (χ1v) is 12.3. The summed E-state index contributed by atoms with van der Waals surface area (Å²) in [5.74, 6) is -0.413. The first-order chi connectivity index (χ1) is 17.7. The zero-order valence-electron chi connectivity index (χ0n) is 20.2. The van der Waals surface area contributed by atoms with Gasteiger partial charge in [0.2, 0.25) is 6.10 Å². The number of benzene rings is 3. The van der Waals surface area contributed by atoms with Gasteiger partial charge in [-0.25, -0.2) is 4.79 Å². The molecule has 0 radical (unpaired) electrons. The van der Waals surface area contributed by atoms with Crippen LogP contribution in [0, 0.1) is 0 Å². The maximum Gasteiger partial charge on any atom is 0.340 e. The predicted octanol–water partition coefficient (Wildman–Crippen LogP) is 6.05. The number of anilines is 1. The van der Waals surface area contributed by atoms with Crippen LogP contribution in [0.25, 0.3) is 10.9 Å². The molecule has 1 atom stereocenters. The number of amides is 1. The van der Waals surface area contributed by atoms with Crippen molar-refractivity contribution in [2.45, 2.75) is 38.7 Å². The number of aryl methyl sites for hydroxylation is 1. The highest BCUT2D eigenvalue weighted by Crippen LogP contribution is 2.32. The molecule has 4 aromatic rings. The van der Waals surface area contributed by atoms with Crippen molar-refractivity contribution in [2.75, 3.05) is 11.9 Å². The Labute approximate surface area is 210 Å². The van der Waals surface area contributed by atoms with E-state index in [0.717, 1.165) is 47.8 Å². The Kier molecular flexibility index (Phi) is 6.94.